The van der Waals surface area contributed by atoms with Gasteiger partial charge in [-0.3, -0.25) is 9.59 Å². The summed E-state index contributed by atoms with van der Waals surface area (Å²) in [5.74, 6) is -2.00. The van der Waals surface area contributed by atoms with Crippen LogP contribution in [-0.4, -0.2) is 20.2 Å². The summed E-state index contributed by atoms with van der Waals surface area (Å²) in [6.45, 7) is 0. The number of nitrogens with zero attached hydrogens (tertiary/aromatic N) is 2. The third-order valence-electron chi connectivity index (χ3n) is 1.90. The quantitative estimate of drug-likeness (QED) is 0.551. The van der Waals surface area contributed by atoms with E-state index in [1.165, 1.54) is 12.1 Å². The van der Waals surface area contributed by atoms with Crippen LogP contribution in [-0.2, 0) is 19.6 Å². The van der Waals surface area contributed by atoms with Gasteiger partial charge in [-0.1, -0.05) is 0 Å². The third-order valence-corrected chi connectivity index (χ3v) is 2.81. The molecule has 0 saturated carbocycles. The number of primary sulfonamides is 1. The van der Waals surface area contributed by atoms with E-state index in [-0.39, 0.29) is 15.6 Å². The van der Waals surface area contributed by atoms with Crippen molar-refractivity contribution < 1.29 is 18.0 Å². The topological polar surface area (TPSA) is 119 Å². The number of carbonyl (C=O) groups excluding carboxylic acids is 2. The molecule has 1 aromatic carbocycles. The maximum absolute atomic E-state index is 11.0. The van der Waals surface area contributed by atoms with Gasteiger partial charge < -0.3 is 0 Å². The van der Waals surface area contributed by atoms with E-state index in [9.17, 15) is 18.0 Å². The van der Waals surface area contributed by atoms with Crippen molar-refractivity contribution in [2.24, 2.45) is 15.1 Å². The van der Waals surface area contributed by atoms with Crippen molar-refractivity contribution in [1.29, 1.82) is 0 Å². The minimum Gasteiger partial charge on any atom is -0.261 e. The van der Waals surface area contributed by atoms with Gasteiger partial charge in [0.05, 0.1) is 15.6 Å². The molecule has 16 heavy (non-hydrogen) atoms. The number of hydrogen-bond donors (Lipinski definition) is 1. The van der Waals surface area contributed by atoms with Gasteiger partial charge in [-0.05, 0) is 18.2 Å². The molecule has 1 aliphatic rings. The summed E-state index contributed by atoms with van der Waals surface area (Å²) in [6.07, 6.45) is 0. The van der Waals surface area contributed by atoms with Gasteiger partial charge in [0.1, 0.15) is 0 Å². The lowest BCUT2D eigenvalue weighted by Crippen LogP contribution is -2.35. The first kappa shape index (κ1) is 10.6. The zero-order chi connectivity index (χ0) is 11.9. The molecule has 8 heteroatoms. The first-order valence-electron chi connectivity index (χ1n) is 4.06. The van der Waals surface area contributed by atoms with E-state index >= 15 is 0 Å². The molecule has 0 spiro atoms. The minimum atomic E-state index is -3.87. The van der Waals surface area contributed by atoms with E-state index in [1.54, 1.807) is 0 Å². The van der Waals surface area contributed by atoms with E-state index in [2.05, 4.69) is 9.98 Å². The molecule has 1 heterocycles. The second-order valence-electron chi connectivity index (χ2n) is 3.03. The van der Waals surface area contributed by atoms with Crippen LogP contribution in [0.1, 0.15) is 0 Å². The highest BCUT2D eigenvalue weighted by Gasteiger charge is 2.16. The lowest BCUT2D eigenvalue weighted by molar-refractivity contribution is -0.135. The zero-order valence-corrected chi connectivity index (χ0v) is 8.56. The normalized spacial score (nSPS) is 15.1. The molecular formula is C8H5N3O4S. The molecule has 2 amide bonds. The number of benzene rings is 1. The van der Waals surface area contributed by atoms with Crippen LogP contribution in [0.3, 0.4) is 0 Å². The number of hydrogen-bond acceptors (Lipinski definition) is 4. The van der Waals surface area contributed by atoms with Gasteiger partial charge >= 0.3 is 11.8 Å². The number of sulfonamides is 1. The molecule has 0 radical (unpaired) electrons. The van der Waals surface area contributed by atoms with Crippen molar-refractivity contribution in [3.63, 3.8) is 0 Å². The molecule has 0 fully saturated rings. The fourth-order valence-electron chi connectivity index (χ4n) is 1.18. The Morgan fingerprint density at radius 1 is 1.00 bits per heavy atom. The van der Waals surface area contributed by atoms with Crippen LogP contribution < -0.4 is 15.9 Å². The van der Waals surface area contributed by atoms with Gasteiger partial charge in [-0.25, -0.2) is 23.5 Å². The van der Waals surface area contributed by atoms with Gasteiger partial charge in [0.15, 0.2) is 0 Å². The Balaban J connectivity index is 2.80. The van der Waals surface area contributed by atoms with Crippen LogP contribution >= 0.6 is 0 Å². The van der Waals surface area contributed by atoms with Crippen LogP contribution in [0.25, 0.3) is 0 Å². The summed E-state index contributed by atoms with van der Waals surface area (Å²) in [7, 11) is -3.87. The average Bonchev–Trinajstić information content (AvgIpc) is 2.17. The maximum atomic E-state index is 11.0. The SMILES string of the molecule is NS(=O)(=O)c1ccc2c(c1)=NC(=O)C(=O)N=2. The van der Waals surface area contributed by atoms with Crippen LogP contribution in [0.2, 0.25) is 0 Å². The summed E-state index contributed by atoms with van der Waals surface area (Å²) in [5.41, 5.74) is 0. The Bertz CT molecular complexity index is 720. The fraction of sp³-hybridized carbons (Fsp3) is 0. The van der Waals surface area contributed by atoms with Crippen molar-refractivity contribution in [3.05, 3.63) is 28.9 Å². The number of carbonyl (C=O) groups is 2. The second-order valence-corrected chi connectivity index (χ2v) is 4.59. The van der Waals surface area contributed by atoms with E-state index < -0.39 is 21.8 Å². The Hall–Kier alpha value is -1.93. The van der Waals surface area contributed by atoms with Gasteiger partial charge in [-0.2, -0.15) is 0 Å². The maximum Gasteiger partial charge on any atom is 0.338 e. The van der Waals surface area contributed by atoms with E-state index in [0.717, 1.165) is 6.07 Å². The molecule has 1 aromatic rings. The molecule has 0 aromatic heterocycles. The molecule has 2 rings (SSSR count). The summed E-state index contributed by atoms with van der Waals surface area (Å²) >= 11 is 0. The van der Waals surface area contributed by atoms with E-state index in [4.69, 9.17) is 5.14 Å². The minimum absolute atomic E-state index is 0.0242. The first-order valence-corrected chi connectivity index (χ1v) is 5.61. The van der Waals surface area contributed by atoms with Gasteiger partial charge in [0.2, 0.25) is 10.0 Å². The Labute approximate surface area is 89.4 Å². The zero-order valence-electron chi connectivity index (χ0n) is 7.75. The highest BCUT2D eigenvalue weighted by Crippen LogP contribution is 2.00. The smallest absolute Gasteiger partial charge is 0.261 e. The predicted molar refractivity (Wildman–Crippen MR) is 50.1 cm³/mol. The highest BCUT2D eigenvalue weighted by atomic mass is 32.2. The molecular weight excluding hydrogens is 234 g/mol. The summed E-state index contributed by atoms with van der Waals surface area (Å²) in [6, 6.07) is 3.55. The molecule has 0 bridgehead atoms. The van der Waals surface area contributed by atoms with Crippen LogP contribution in [0.15, 0.2) is 33.1 Å². The summed E-state index contributed by atoms with van der Waals surface area (Å²) < 4.78 is 22.0. The lowest BCUT2D eigenvalue weighted by atomic mass is 10.3. The van der Waals surface area contributed by atoms with Crippen LogP contribution in [0, 0.1) is 0 Å². The number of amides is 2. The summed E-state index contributed by atoms with van der Waals surface area (Å²) in [5, 5.41) is 5.07. The average molecular weight is 239 g/mol. The van der Waals surface area contributed by atoms with Gasteiger partial charge in [-0.15, -0.1) is 0 Å². The molecule has 0 unspecified atom stereocenters. The lowest BCUT2D eigenvalue weighted by Gasteiger charge is -1.99. The van der Waals surface area contributed by atoms with Crippen LogP contribution in [0.5, 0.6) is 0 Å². The van der Waals surface area contributed by atoms with Crippen molar-refractivity contribution in [2.45, 2.75) is 4.90 Å². The predicted octanol–water partition coefficient (Wildman–Crippen LogP) is -2.36. The number of nitrogens with two attached hydrogens (primary N) is 1. The number of fused-ring (bicyclic) bond motifs is 1. The monoisotopic (exact) mass is 239 g/mol. The number of rotatable bonds is 1. The Morgan fingerprint density at radius 3 is 2.12 bits per heavy atom. The van der Waals surface area contributed by atoms with Crippen LogP contribution in [0.4, 0.5) is 0 Å². The molecule has 7 nitrogen and oxygen atoms in total. The van der Waals surface area contributed by atoms with Gasteiger partial charge in [0.25, 0.3) is 0 Å². The molecule has 0 saturated heterocycles. The molecule has 82 valence electrons. The highest BCUT2D eigenvalue weighted by molar-refractivity contribution is 7.89. The van der Waals surface area contributed by atoms with Crippen molar-refractivity contribution in [2.75, 3.05) is 0 Å². The summed E-state index contributed by atoms with van der Waals surface area (Å²) in [4.78, 5) is 28.5. The van der Waals surface area contributed by atoms with Crippen molar-refractivity contribution in [1.82, 2.24) is 0 Å². The van der Waals surface area contributed by atoms with Crippen molar-refractivity contribution in [3.8, 4) is 0 Å². The van der Waals surface area contributed by atoms with E-state index in [1.807, 2.05) is 0 Å². The largest absolute Gasteiger partial charge is 0.338 e. The second kappa shape index (κ2) is 3.29. The standard InChI is InChI=1S/C8H5N3O4S/c9-16(14,15)4-1-2-5-6(3-4)11-8(13)7(12)10-5/h1-3H,(H2,9,14,15). The Kier molecular flexibility index (Phi) is 2.17. The fourth-order valence-corrected chi connectivity index (χ4v) is 1.71. The Morgan fingerprint density at radius 2 is 1.56 bits per heavy atom. The molecule has 2 N–H and O–H groups in total. The third kappa shape index (κ3) is 1.75. The van der Waals surface area contributed by atoms with Crippen molar-refractivity contribution >= 4 is 21.8 Å². The van der Waals surface area contributed by atoms with E-state index in [0.29, 0.717) is 0 Å². The van der Waals surface area contributed by atoms with Gasteiger partial charge in [0, 0.05) is 0 Å². The first-order chi connectivity index (χ1) is 7.38. The molecule has 1 aliphatic heterocycles. The molecule has 0 atom stereocenters. The molecule has 0 aliphatic carbocycles.